The summed E-state index contributed by atoms with van der Waals surface area (Å²) < 4.78 is 0. The fraction of sp³-hybridized carbons (Fsp3) is 0.917. The van der Waals surface area contributed by atoms with Gasteiger partial charge in [-0.1, -0.05) is 19.1 Å². The molecule has 16 heavy (non-hydrogen) atoms. The van der Waals surface area contributed by atoms with Crippen LogP contribution >= 0.6 is 12.2 Å². The van der Waals surface area contributed by atoms with Crippen LogP contribution in [-0.4, -0.2) is 53.6 Å². The minimum Gasteiger partial charge on any atom is -0.393 e. The Hall–Kier alpha value is -0.190. The fourth-order valence-electron chi connectivity index (χ4n) is 2.66. The van der Waals surface area contributed by atoms with Gasteiger partial charge >= 0.3 is 0 Å². The second kappa shape index (κ2) is 6.52. The van der Waals surface area contributed by atoms with Crippen LogP contribution < -0.4 is 5.73 Å². The first-order valence-corrected chi connectivity index (χ1v) is 6.68. The molecular weight excluding hydrogens is 218 g/mol. The maximum atomic E-state index is 5.68. The lowest BCUT2D eigenvalue weighted by Gasteiger charge is -2.35. The molecule has 0 aromatic heterocycles. The maximum absolute atomic E-state index is 5.68. The minimum atomic E-state index is 0.527. The van der Waals surface area contributed by atoms with Crippen molar-refractivity contribution in [2.45, 2.75) is 45.2 Å². The largest absolute Gasteiger partial charge is 0.393 e. The van der Waals surface area contributed by atoms with Gasteiger partial charge in [0.2, 0.25) is 0 Å². The third kappa shape index (κ3) is 4.00. The van der Waals surface area contributed by atoms with Gasteiger partial charge in [-0.2, -0.15) is 0 Å². The normalized spacial score (nSPS) is 26.3. The highest BCUT2D eigenvalue weighted by Crippen LogP contribution is 2.17. The molecule has 0 spiro atoms. The van der Waals surface area contributed by atoms with E-state index in [2.05, 4.69) is 30.7 Å². The predicted molar refractivity (Wildman–Crippen MR) is 73.8 cm³/mol. The molecular formula is C12H25N3S. The molecule has 1 heterocycles. The zero-order chi connectivity index (χ0) is 12.1. The van der Waals surface area contributed by atoms with Crippen molar-refractivity contribution in [1.82, 2.24) is 9.80 Å². The number of likely N-dealkylation sites (N-methyl/N-ethyl adjacent to an activating group) is 1. The van der Waals surface area contributed by atoms with Crippen molar-refractivity contribution >= 4 is 17.2 Å². The number of thiocarbonyl (C=S) groups is 1. The standard InChI is InChI=1S/C12H25N3S/c1-4-11(8-12(13)16)15-7-5-6-14(3)9-10(15)2/h10-11H,4-9H2,1-3H3,(H2,13,16). The quantitative estimate of drug-likeness (QED) is 0.758. The lowest BCUT2D eigenvalue weighted by atomic mass is 10.1. The van der Waals surface area contributed by atoms with E-state index in [-0.39, 0.29) is 0 Å². The molecule has 0 saturated carbocycles. The van der Waals surface area contributed by atoms with E-state index in [0.717, 1.165) is 19.4 Å². The average molecular weight is 243 g/mol. The van der Waals surface area contributed by atoms with Crippen LogP contribution in [0.2, 0.25) is 0 Å². The van der Waals surface area contributed by atoms with Gasteiger partial charge in [-0.15, -0.1) is 0 Å². The van der Waals surface area contributed by atoms with Crippen LogP contribution in [0.25, 0.3) is 0 Å². The van der Waals surface area contributed by atoms with Gasteiger partial charge in [-0.05, 0) is 39.9 Å². The van der Waals surface area contributed by atoms with E-state index in [9.17, 15) is 0 Å². The molecule has 1 saturated heterocycles. The van der Waals surface area contributed by atoms with Crippen molar-refractivity contribution in [2.24, 2.45) is 5.73 Å². The molecule has 94 valence electrons. The summed E-state index contributed by atoms with van der Waals surface area (Å²) in [6.07, 6.45) is 3.24. The molecule has 1 rings (SSSR count). The number of rotatable bonds is 4. The van der Waals surface area contributed by atoms with E-state index >= 15 is 0 Å². The Labute approximate surface area is 105 Å². The van der Waals surface area contributed by atoms with Crippen LogP contribution in [0, 0.1) is 0 Å². The molecule has 0 aliphatic carbocycles. The first-order valence-electron chi connectivity index (χ1n) is 6.27. The molecule has 0 amide bonds. The third-order valence-electron chi connectivity index (χ3n) is 3.48. The fourth-order valence-corrected chi connectivity index (χ4v) is 2.85. The molecule has 0 bridgehead atoms. The lowest BCUT2D eigenvalue weighted by Crippen LogP contribution is -2.45. The van der Waals surface area contributed by atoms with E-state index in [1.54, 1.807) is 0 Å². The van der Waals surface area contributed by atoms with E-state index in [4.69, 9.17) is 18.0 Å². The molecule has 3 nitrogen and oxygen atoms in total. The van der Waals surface area contributed by atoms with Crippen LogP contribution in [0.1, 0.15) is 33.1 Å². The summed E-state index contributed by atoms with van der Waals surface area (Å²) >= 11 is 5.04. The van der Waals surface area contributed by atoms with Gasteiger partial charge in [0.15, 0.2) is 0 Å². The minimum absolute atomic E-state index is 0.527. The maximum Gasteiger partial charge on any atom is 0.0743 e. The van der Waals surface area contributed by atoms with Crippen LogP contribution in [-0.2, 0) is 0 Å². The van der Waals surface area contributed by atoms with Crippen molar-refractivity contribution < 1.29 is 0 Å². The molecule has 1 fully saturated rings. The second-order valence-corrected chi connectivity index (χ2v) is 5.46. The monoisotopic (exact) mass is 243 g/mol. The zero-order valence-corrected chi connectivity index (χ0v) is 11.6. The molecule has 0 radical (unpaired) electrons. The van der Waals surface area contributed by atoms with Crippen LogP contribution in [0.5, 0.6) is 0 Å². The first-order chi connectivity index (χ1) is 7.54. The highest BCUT2D eigenvalue weighted by atomic mass is 32.1. The molecule has 1 aliphatic rings. The Bertz CT molecular complexity index is 232. The third-order valence-corrected chi connectivity index (χ3v) is 3.64. The second-order valence-electron chi connectivity index (χ2n) is 4.94. The Morgan fingerprint density at radius 2 is 2.19 bits per heavy atom. The predicted octanol–water partition coefficient (Wildman–Crippen LogP) is 1.47. The van der Waals surface area contributed by atoms with Crippen LogP contribution in [0.3, 0.4) is 0 Å². The van der Waals surface area contributed by atoms with Crippen molar-refractivity contribution in [3.63, 3.8) is 0 Å². The Morgan fingerprint density at radius 3 is 2.75 bits per heavy atom. The number of nitrogens with two attached hydrogens (primary N) is 1. The number of hydrogen-bond donors (Lipinski definition) is 1. The highest BCUT2D eigenvalue weighted by Gasteiger charge is 2.25. The summed E-state index contributed by atoms with van der Waals surface area (Å²) in [6.45, 7) is 8.05. The van der Waals surface area contributed by atoms with Gasteiger partial charge in [0.05, 0.1) is 4.99 Å². The summed E-state index contributed by atoms with van der Waals surface area (Å²) in [6, 6.07) is 1.13. The Kier molecular flexibility index (Phi) is 5.66. The Morgan fingerprint density at radius 1 is 1.50 bits per heavy atom. The lowest BCUT2D eigenvalue weighted by molar-refractivity contribution is 0.142. The number of nitrogens with zero attached hydrogens (tertiary/aromatic N) is 2. The van der Waals surface area contributed by atoms with Gasteiger partial charge < -0.3 is 10.6 Å². The molecule has 4 heteroatoms. The van der Waals surface area contributed by atoms with E-state index in [1.165, 1.54) is 19.5 Å². The molecule has 2 N–H and O–H groups in total. The van der Waals surface area contributed by atoms with Gasteiger partial charge in [-0.3, -0.25) is 4.90 Å². The summed E-state index contributed by atoms with van der Waals surface area (Å²) in [5.41, 5.74) is 5.68. The topological polar surface area (TPSA) is 32.5 Å². The highest BCUT2D eigenvalue weighted by molar-refractivity contribution is 7.80. The van der Waals surface area contributed by atoms with Crippen molar-refractivity contribution in [1.29, 1.82) is 0 Å². The van der Waals surface area contributed by atoms with E-state index in [0.29, 0.717) is 17.1 Å². The summed E-state index contributed by atoms with van der Waals surface area (Å²) in [4.78, 5) is 5.65. The first kappa shape index (κ1) is 13.9. The number of hydrogen-bond acceptors (Lipinski definition) is 3. The van der Waals surface area contributed by atoms with Crippen LogP contribution in [0.4, 0.5) is 0 Å². The molecule has 2 unspecified atom stereocenters. The van der Waals surface area contributed by atoms with Crippen molar-refractivity contribution in [3.8, 4) is 0 Å². The van der Waals surface area contributed by atoms with Crippen LogP contribution in [0.15, 0.2) is 0 Å². The zero-order valence-electron chi connectivity index (χ0n) is 10.8. The van der Waals surface area contributed by atoms with Gasteiger partial charge in [0.25, 0.3) is 0 Å². The van der Waals surface area contributed by atoms with E-state index in [1.807, 2.05) is 0 Å². The van der Waals surface area contributed by atoms with E-state index < -0.39 is 0 Å². The molecule has 2 atom stereocenters. The van der Waals surface area contributed by atoms with Gasteiger partial charge in [0, 0.05) is 25.0 Å². The SMILES string of the molecule is CCC(CC(N)=S)N1CCCN(C)CC1C. The van der Waals surface area contributed by atoms with Gasteiger partial charge in [-0.25, -0.2) is 0 Å². The molecule has 1 aliphatic heterocycles. The van der Waals surface area contributed by atoms with Crippen molar-refractivity contribution in [3.05, 3.63) is 0 Å². The summed E-state index contributed by atoms with van der Waals surface area (Å²) in [5, 5.41) is 0. The smallest absolute Gasteiger partial charge is 0.0743 e. The van der Waals surface area contributed by atoms with Gasteiger partial charge in [0.1, 0.15) is 0 Å². The summed E-state index contributed by atoms with van der Waals surface area (Å²) in [7, 11) is 2.20. The Balaban J connectivity index is 2.63. The van der Waals surface area contributed by atoms with Crippen molar-refractivity contribution in [2.75, 3.05) is 26.7 Å². The molecule has 0 aromatic carbocycles. The average Bonchev–Trinajstić information content (AvgIpc) is 2.36. The summed E-state index contributed by atoms with van der Waals surface area (Å²) in [5.74, 6) is 0. The molecule has 0 aromatic rings.